The van der Waals surface area contributed by atoms with Crippen molar-refractivity contribution in [1.29, 1.82) is 0 Å². The average Bonchev–Trinajstić information content (AvgIpc) is 3.38. The lowest BCUT2D eigenvalue weighted by molar-refractivity contribution is -0.155. The quantitative estimate of drug-likeness (QED) is 0.0234. The molecule has 0 N–H and O–H groups in total. The summed E-state index contributed by atoms with van der Waals surface area (Å²) in [5, 5.41) is 0. The molecule has 11 heteroatoms. The fraction of sp³-hybridized carbons (Fsp3) is 0.590. The molecule has 0 aliphatic rings. The van der Waals surface area contributed by atoms with Crippen LogP contribution in [-0.2, 0) is 25.7 Å². The molecular weight excluding hydrogens is 909 g/mol. The van der Waals surface area contributed by atoms with Crippen LogP contribution in [0.5, 0.6) is 40.2 Å². The summed E-state index contributed by atoms with van der Waals surface area (Å²) in [5.41, 5.74) is 1.38. The highest BCUT2D eigenvalue weighted by Gasteiger charge is 2.28. The van der Waals surface area contributed by atoms with E-state index < -0.39 is 17.4 Å². The molecule has 0 saturated carbocycles. The molecule has 0 radical (unpaired) electrons. The number of rotatable bonds is 40. The Morgan fingerprint density at radius 1 is 0.431 bits per heavy atom. The fourth-order valence-corrected chi connectivity index (χ4v) is 7.46. The molecule has 400 valence electrons. The van der Waals surface area contributed by atoms with Crippen molar-refractivity contribution in [3.63, 3.8) is 0 Å². The van der Waals surface area contributed by atoms with Gasteiger partial charge in [-0.25, -0.2) is 9.59 Å². The Morgan fingerprint density at radius 2 is 0.806 bits per heavy atom. The first-order chi connectivity index (χ1) is 35.0. The number of benzene rings is 3. The van der Waals surface area contributed by atoms with Crippen molar-refractivity contribution in [3.05, 3.63) is 77.4 Å². The largest absolute Gasteiger partial charge is 0.490 e. The van der Waals surface area contributed by atoms with E-state index in [-0.39, 0.29) is 24.1 Å². The van der Waals surface area contributed by atoms with Crippen molar-refractivity contribution in [2.24, 2.45) is 5.41 Å². The van der Waals surface area contributed by atoms with Crippen LogP contribution in [0.4, 0.5) is 0 Å². The number of carbonyl (C=O) groups excluding carboxylic acids is 3. The Balaban J connectivity index is 1.80. The van der Waals surface area contributed by atoms with Crippen LogP contribution in [0.2, 0.25) is 0 Å². The van der Waals surface area contributed by atoms with Crippen molar-refractivity contribution in [1.82, 2.24) is 0 Å². The molecule has 0 unspecified atom stereocenters. The number of esters is 3. The minimum atomic E-state index is -0.621. The van der Waals surface area contributed by atoms with Gasteiger partial charge in [0.1, 0.15) is 18.1 Å². The Bertz CT molecular complexity index is 2050. The zero-order valence-electron chi connectivity index (χ0n) is 45.5. The highest BCUT2D eigenvalue weighted by molar-refractivity contribution is 5.90. The maximum Gasteiger partial charge on any atom is 0.336 e. The first kappa shape index (κ1) is 60.9. The standard InChI is InChI=1S/C61H90O11/c1-9-15-20-25-42-65-53-39-32-49(57(67-44-27-22-17-11-3)59(53)69-46-29-24-19-13-5)34-41-55(63)72-52-37-35-51(36-38-52)71-54(62)40-33-48-30-31-50(47-70-60(64)61(7,8)14-6)58(68-45-28-23-18-12-4)56(48)66-43-26-21-16-10-2/h30-41H,9-29,42-47H2,1-8H3/b40-33+,41-34+. The molecule has 0 bridgehead atoms. The molecule has 0 spiro atoms. The molecule has 0 atom stereocenters. The Morgan fingerprint density at radius 3 is 1.22 bits per heavy atom. The van der Waals surface area contributed by atoms with Crippen LogP contribution in [0.1, 0.15) is 207 Å². The van der Waals surface area contributed by atoms with Crippen LogP contribution in [0.3, 0.4) is 0 Å². The Kier molecular flexibility index (Phi) is 30.8. The van der Waals surface area contributed by atoms with E-state index in [9.17, 15) is 14.4 Å². The fourth-order valence-electron chi connectivity index (χ4n) is 7.46. The molecule has 3 rings (SSSR count). The molecule has 0 aromatic heterocycles. The van der Waals surface area contributed by atoms with Crippen LogP contribution >= 0.6 is 0 Å². The van der Waals surface area contributed by atoms with E-state index in [1.807, 2.05) is 45.0 Å². The maximum absolute atomic E-state index is 13.3. The summed E-state index contributed by atoms with van der Waals surface area (Å²) in [7, 11) is 0. The average molecular weight is 999 g/mol. The van der Waals surface area contributed by atoms with Gasteiger partial charge in [-0.2, -0.15) is 0 Å². The SMILES string of the molecule is CCCCCCOc1ccc(/C=C/C(=O)Oc2ccc(OC(=O)/C=C/c3ccc(COC(=O)C(C)(C)CC)c(OCCCCCC)c3OCCCCCC)cc2)c(OCCCCCC)c1OCCCCCC. The lowest BCUT2D eigenvalue weighted by atomic mass is 9.91. The number of hydrogen-bond acceptors (Lipinski definition) is 11. The van der Waals surface area contributed by atoms with E-state index in [0.717, 1.165) is 128 Å². The van der Waals surface area contributed by atoms with Crippen molar-refractivity contribution in [3.8, 4) is 40.2 Å². The van der Waals surface area contributed by atoms with Crippen LogP contribution in [0.25, 0.3) is 12.2 Å². The molecule has 72 heavy (non-hydrogen) atoms. The second-order valence-electron chi connectivity index (χ2n) is 19.1. The van der Waals surface area contributed by atoms with Crippen molar-refractivity contribution >= 4 is 30.1 Å². The second kappa shape index (κ2) is 36.5. The van der Waals surface area contributed by atoms with Crippen molar-refractivity contribution in [2.45, 2.75) is 197 Å². The second-order valence-corrected chi connectivity index (χ2v) is 19.1. The van der Waals surface area contributed by atoms with Crippen LogP contribution in [-0.4, -0.2) is 50.9 Å². The van der Waals surface area contributed by atoms with E-state index in [2.05, 4.69) is 34.6 Å². The highest BCUT2D eigenvalue weighted by Crippen LogP contribution is 2.42. The summed E-state index contributed by atoms with van der Waals surface area (Å²) >= 11 is 0. The third-order valence-electron chi connectivity index (χ3n) is 12.4. The summed E-state index contributed by atoms with van der Waals surface area (Å²) in [5.74, 6) is 1.83. The summed E-state index contributed by atoms with van der Waals surface area (Å²) < 4.78 is 49.1. The molecule has 0 amide bonds. The molecule has 0 aliphatic carbocycles. The van der Waals surface area contributed by atoms with Gasteiger partial charge in [0.2, 0.25) is 5.75 Å². The van der Waals surface area contributed by atoms with Gasteiger partial charge in [0, 0.05) is 28.8 Å². The zero-order valence-corrected chi connectivity index (χ0v) is 45.5. The number of ether oxygens (including phenoxy) is 8. The highest BCUT2D eigenvalue weighted by atomic mass is 16.6. The van der Waals surface area contributed by atoms with E-state index in [4.69, 9.17) is 37.9 Å². The van der Waals surface area contributed by atoms with E-state index in [1.165, 1.54) is 12.2 Å². The van der Waals surface area contributed by atoms with E-state index >= 15 is 0 Å². The Labute approximate surface area is 433 Å². The van der Waals surface area contributed by atoms with Gasteiger partial charge in [0.25, 0.3) is 0 Å². The van der Waals surface area contributed by atoms with Gasteiger partial charge in [0.05, 0.1) is 38.4 Å². The van der Waals surface area contributed by atoms with Crippen molar-refractivity contribution in [2.75, 3.05) is 33.0 Å². The summed E-state index contributed by atoms with van der Waals surface area (Å²) in [4.78, 5) is 39.5. The lowest BCUT2D eigenvalue weighted by Gasteiger charge is -2.22. The first-order valence-electron chi connectivity index (χ1n) is 27.5. The van der Waals surface area contributed by atoms with Crippen LogP contribution in [0, 0.1) is 5.41 Å². The number of unbranched alkanes of at least 4 members (excludes halogenated alkanes) is 15. The third-order valence-corrected chi connectivity index (χ3v) is 12.4. The predicted octanol–water partition coefficient (Wildman–Crippen LogP) is 16.2. The number of hydrogen-bond donors (Lipinski definition) is 0. The number of carbonyl (C=O) groups is 3. The normalized spacial score (nSPS) is 11.5. The monoisotopic (exact) mass is 999 g/mol. The van der Waals surface area contributed by atoms with Gasteiger partial charge < -0.3 is 37.9 Å². The molecule has 0 aliphatic heterocycles. The maximum atomic E-state index is 13.3. The van der Waals surface area contributed by atoms with Gasteiger partial charge in [-0.1, -0.05) is 150 Å². The molecular formula is C61H90O11. The molecule has 0 saturated heterocycles. The molecule has 0 fully saturated rings. The van der Waals surface area contributed by atoms with Gasteiger partial charge in [-0.15, -0.1) is 0 Å². The van der Waals surface area contributed by atoms with Gasteiger partial charge >= 0.3 is 17.9 Å². The minimum absolute atomic E-state index is 0.0279. The van der Waals surface area contributed by atoms with Gasteiger partial charge in [-0.05, 0) is 101 Å². The third kappa shape index (κ3) is 23.4. The van der Waals surface area contributed by atoms with Crippen LogP contribution < -0.4 is 33.2 Å². The van der Waals surface area contributed by atoms with Crippen molar-refractivity contribution < 1.29 is 52.3 Å². The topological polar surface area (TPSA) is 125 Å². The summed E-state index contributed by atoms with van der Waals surface area (Å²) in [6.45, 7) is 19.2. The summed E-state index contributed by atoms with van der Waals surface area (Å²) in [6.07, 6.45) is 27.7. The Hall–Kier alpha value is -5.45. The molecule has 0 heterocycles. The molecule has 3 aromatic rings. The van der Waals surface area contributed by atoms with E-state index in [0.29, 0.717) is 84.9 Å². The van der Waals surface area contributed by atoms with Crippen LogP contribution in [0.15, 0.2) is 60.7 Å². The molecule has 11 nitrogen and oxygen atoms in total. The predicted molar refractivity (Wildman–Crippen MR) is 291 cm³/mol. The minimum Gasteiger partial charge on any atom is -0.490 e. The summed E-state index contributed by atoms with van der Waals surface area (Å²) in [6, 6.07) is 13.8. The van der Waals surface area contributed by atoms with E-state index in [1.54, 1.807) is 36.4 Å². The van der Waals surface area contributed by atoms with Gasteiger partial charge in [-0.3, -0.25) is 4.79 Å². The first-order valence-corrected chi connectivity index (χ1v) is 27.5. The zero-order chi connectivity index (χ0) is 52.2. The lowest BCUT2D eigenvalue weighted by Crippen LogP contribution is -2.25. The smallest absolute Gasteiger partial charge is 0.336 e. The molecule has 3 aromatic carbocycles. The van der Waals surface area contributed by atoms with Gasteiger partial charge in [0.15, 0.2) is 23.0 Å².